The van der Waals surface area contributed by atoms with Crippen molar-refractivity contribution in [3.63, 3.8) is 0 Å². The normalized spacial score (nSPS) is 11.2. The first kappa shape index (κ1) is 13.8. The summed E-state index contributed by atoms with van der Waals surface area (Å²) in [6.45, 7) is 2.00. The number of rotatable bonds is 2. The average molecular weight is 370 g/mol. The minimum atomic E-state index is -0.132. The zero-order valence-electron chi connectivity index (χ0n) is 10.5. The topological polar surface area (TPSA) is 45.8 Å². The number of H-pyrrole nitrogens is 1. The van der Waals surface area contributed by atoms with Crippen LogP contribution in [-0.2, 0) is 5.88 Å². The van der Waals surface area contributed by atoms with Crippen molar-refractivity contribution in [2.75, 3.05) is 0 Å². The molecule has 0 amide bonds. The van der Waals surface area contributed by atoms with Gasteiger partial charge in [0.25, 0.3) is 5.56 Å². The van der Waals surface area contributed by atoms with Gasteiger partial charge in [-0.1, -0.05) is 28.1 Å². The van der Waals surface area contributed by atoms with E-state index in [1.165, 1.54) is 11.3 Å². The average Bonchev–Trinajstić information content (AvgIpc) is 2.76. The zero-order chi connectivity index (χ0) is 14.3. The third kappa shape index (κ3) is 2.30. The van der Waals surface area contributed by atoms with Crippen LogP contribution in [0.2, 0.25) is 0 Å². The first-order valence-corrected chi connectivity index (χ1v) is 8.08. The molecule has 0 spiro atoms. The summed E-state index contributed by atoms with van der Waals surface area (Å²) in [4.78, 5) is 21.2. The monoisotopic (exact) mass is 368 g/mol. The number of hydrogen-bond donors (Lipinski definition) is 1. The second kappa shape index (κ2) is 5.31. The first-order valence-electron chi connectivity index (χ1n) is 5.94. The lowest BCUT2D eigenvalue weighted by atomic mass is 10.0. The maximum atomic E-state index is 12.3. The molecule has 6 heteroatoms. The lowest BCUT2D eigenvalue weighted by Crippen LogP contribution is -2.10. The number of alkyl halides is 1. The number of halogens is 2. The molecule has 0 fully saturated rings. The van der Waals surface area contributed by atoms with Crippen LogP contribution in [0.5, 0.6) is 0 Å². The second-order valence-electron chi connectivity index (χ2n) is 4.37. The fourth-order valence-electron chi connectivity index (χ4n) is 2.19. The van der Waals surface area contributed by atoms with Crippen molar-refractivity contribution in [3.8, 4) is 11.1 Å². The van der Waals surface area contributed by atoms with E-state index in [9.17, 15) is 4.79 Å². The summed E-state index contributed by atoms with van der Waals surface area (Å²) in [6, 6.07) is 7.92. The molecule has 2 heterocycles. The Balaban J connectivity index is 2.33. The van der Waals surface area contributed by atoms with Crippen LogP contribution in [0.4, 0.5) is 0 Å². The van der Waals surface area contributed by atoms with Crippen molar-refractivity contribution < 1.29 is 0 Å². The molecule has 2 aromatic heterocycles. The number of aromatic nitrogens is 2. The van der Waals surface area contributed by atoms with Crippen molar-refractivity contribution in [2.24, 2.45) is 0 Å². The summed E-state index contributed by atoms with van der Waals surface area (Å²) < 4.78 is 1.01. The number of thiophene rings is 1. The Hall–Kier alpha value is -1.17. The zero-order valence-corrected chi connectivity index (χ0v) is 13.7. The predicted octanol–water partition coefficient (Wildman–Crippen LogP) is 4.46. The molecule has 20 heavy (non-hydrogen) atoms. The lowest BCUT2D eigenvalue weighted by molar-refractivity contribution is 1.04. The van der Waals surface area contributed by atoms with Gasteiger partial charge in [-0.25, -0.2) is 4.98 Å². The molecule has 0 radical (unpaired) electrons. The van der Waals surface area contributed by atoms with E-state index < -0.39 is 0 Å². The number of nitrogens with one attached hydrogen (secondary N) is 1. The highest BCUT2D eigenvalue weighted by atomic mass is 79.9. The minimum Gasteiger partial charge on any atom is -0.309 e. The Morgan fingerprint density at radius 2 is 2.05 bits per heavy atom. The quantitative estimate of drug-likeness (QED) is 0.678. The van der Waals surface area contributed by atoms with Gasteiger partial charge in [0.15, 0.2) is 0 Å². The van der Waals surface area contributed by atoms with E-state index >= 15 is 0 Å². The van der Waals surface area contributed by atoms with Crippen LogP contribution in [0, 0.1) is 6.92 Å². The Morgan fingerprint density at radius 1 is 1.35 bits per heavy atom. The summed E-state index contributed by atoms with van der Waals surface area (Å²) >= 11 is 10.7. The van der Waals surface area contributed by atoms with Gasteiger partial charge in [0, 0.05) is 14.9 Å². The second-order valence-corrected chi connectivity index (χ2v) is 6.75. The van der Waals surface area contributed by atoms with E-state index in [4.69, 9.17) is 11.6 Å². The highest BCUT2D eigenvalue weighted by Crippen LogP contribution is 2.35. The largest absolute Gasteiger partial charge is 0.309 e. The summed E-state index contributed by atoms with van der Waals surface area (Å²) in [6.07, 6.45) is 0. The van der Waals surface area contributed by atoms with Crippen molar-refractivity contribution in [2.45, 2.75) is 12.8 Å². The number of fused-ring (bicyclic) bond motifs is 1. The molecule has 0 aliphatic heterocycles. The number of aromatic amines is 1. The maximum absolute atomic E-state index is 12.3. The van der Waals surface area contributed by atoms with Crippen LogP contribution >= 0.6 is 38.9 Å². The van der Waals surface area contributed by atoms with Gasteiger partial charge in [-0.3, -0.25) is 4.79 Å². The summed E-state index contributed by atoms with van der Waals surface area (Å²) in [5, 5.41) is 0.642. The van der Waals surface area contributed by atoms with E-state index in [1.54, 1.807) is 0 Å². The third-order valence-corrected chi connectivity index (χ3v) is 4.83. The number of benzene rings is 1. The lowest BCUT2D eigenvalue weighted by Gasteiger charge is -2.02. The van der Waals surface area contributed by atoms with E-state index in [1.807, 2.05) is 31.2 Å². The molecule has 1 aromatic carbocycles. The van der Waals surface area contributed by atoms with Crippen molar-refractivity contribution in [1.29, 1.82) is 0 Å². The molecular weight excluding hydrogens is 360 g/mol. The van der Waals surface area contributed by atoms with Crippen LogP contribution in [0.1, 0.15) is 10.7 Å². The van der Waals surface area contributed by atoms with E-state index in [0.717, 1.165) is 25.3 Å². The molecule has 0 saturated carbocycles. The van der Waals surface area contributed by atoms with Crippen molar-refractivity contribution >= 4 is 49.1 Å². The van der Waals surface area contributed by atoms with Gasteiger partial charge in [0.05, 0.1) is 11.3 Å². The number of hydrogen-bond acceptors (Lipinski definition) is 3. The van der Waals surface area contributed by atoms with Gasteiger partial charge < -0.3 is 4.98 Å². The molecule has 1 N–H and O–H groups in total. The summed E-state index contributed by atoms with van der Waals surface area (Å²) in [5.74, 6) is 0.711. The summed E-state index contributed by atoms with van der Waals surface area (Å²) in [5.41, 5.74) is 1.84. The molecule has 0 unspecified atom stereocenters. The number of aryl methyl sites for hydroxylation is 1. The molecule has 102 valence electrons. The maximum Gasteiger partial charge on any atom is 0.260 e. The van der Waals surface area contributed by atoms with Crippen LogP contribution in [-0.4, -0.2) is 9.97 Å². The Kier molecular flexibility index (Phi) is 3.67. The van der Waals surface area contributed by atoms with E-state index in [0.29, 0.717) is 11.2 Å². The van der Waals surface area contributed by atoms with Gasteiger partial charge in [-0.05, 0) is 24.6 Å². The van der Waals surface area contributed by atoms with Gasteiger partial charge in [0.1, 0.15) is 10.7 Å². The molecule has 0 saturated heterocycles. The fraction of sp³-hybridized carbons (Fsp3) is 0.143. The Morgan fingerprint density at radius 3 is 2.70 bits per heavy atom. The Labute approximate surface area is 132 Å². The highest BCUT2D eigenvalue weighted by molar-refractivity contribution is 9.10. The molecule has 3 aromatic rings. The van der Waals surface area contributed by atoms with Crippen LogP contribution in [0.15, 0.2) is 33.5 Å². The molecular formula is C14H10BrClN2OS. The summed E-state index contributed by atoms with van der Waals surface area (Å²) in [7, 11) is 0. The Bertz CT molecular complexity index is 839. The van der Waals surface area contributed by atoms with Crippen molar-refractivity contribution in [1.82, 2.24) is 9.97 Å². The number of nitrogens with zero attached hydrogens (tertiary/aromatic N) is 1. The molecule has 3 nitrogen and oxygen atoms in total. The fourth-order valence-corrected chi connectivity index (χ4v) is 3.65. The standard InChI is InChI=1S/C14H10BrClN2OS/c1-7-11(8-2-4-9(15)5-3-8)12-13(19)17-10(6-16)18-14(12)20-7/h2-5H,6H2,1H3,(H,17,18,19). The van der Waals surface area contributed by atoms with Gasteiger partial charge in [-0.2, -0.15) is 0 Å². The molecule has 3 rings (SSSR count). The van der Waals surface area contributed by atoms with Gasteiger partial charge in [0.2, 0.25) is 0 Å². The van der Waals surface area contributed by atoms with Crippen molar-refractivity contribution in [3.05, 3.63) is 49.8 Å². The first-order chi connectivity index (χ1) is 9.60. The minimum absolute atomic E-state index is 0.132. The molecule has 0 atom stereocenters. The smallest absolute Gasteiger partial charge is 0.260 e. The van der Waals surface area contributed by atoms with Gasteiger partial charge >= 0.3 is 0 Å². The van der Waals surface area contributed by atoms with Crippen LogP contribution in [0.3, 0.4) is 0 Å². The predicted molar refractivity (Wildman–Crippen MR) is 87.7 cm³/mol. The molecule has 0 aliphatic rings. The van der Waals surface area contributed by atoms with Crippen LogP contribution < -0.4 is 5.56 Å². The van der Waals surface area contributed by atoms with Crippen LogP contribution in [0.25, 0.3) is 21.3 Å². The molecule has 0 bridgehead atoms. The molecule has 0 aliphatic carbocycles. The van der Waals surface area contributed by atoms with E-state index in [2.05, 4.69) is 25.9 Å². The highest BCUT2D eigenvalue weighted by Gasteiger charge is 2.16. The van der Waals surface area contributed by atoms with E-state index in [-0.39, 0.29) is 11.4 Å². The SMILES string of the molecule is Cc1sc2nc(CCl)[nH]c(=O)c2c1-c1ccc(Br)cc1. The third-order valence-electron chi connectivity index (χ3n) is 3.05. The van der Waals surface area contributed by atoms with Gasteiger partial charge in [-0.15, -0.1) is 22.9 Å².